The van der Waals surface area contributed by atoms with Crippen molar-refractivity contribution in [3.63, 3.8) is 0 Å². The molecule has 13 atom stereocenters. The van der Waals surface area contributed by atoms with Gasteiger partial charge in [0.25, 0.3) is 0 Å². The van der Waals surface area contributed by atoms with Crippen LogP contribution in [0, 0.1) is 16.6 Å². The summed E-state index contributed by atoms with van der Waals surface area (Å²) < 4.78 is 29.5. The van der Waals surface area contributed by atoms with Crippen molar-refractivity contribution in [1.29, 1.82) is 4.78 Å². The van der Waals surface area contributed by atoms with E-state index in [1.165, 1.54) is 18.7 Å². The van der Waals surface area contributed by atoms with E-state index in [-0.39, 0.29) is 69.7 Å². The smallest absolute Gasteiger partial charge is 0.225 e. The highest BCUT2D eigenvalue weighted by Gasteiger charge is 2.43. The maximum atomic E-state index is 13.2. The van der Waals surface area contributed by atoms with Crippen LogP contribution in [0.3, 0.4) is 0 Å². The molecule has 9 N–H and O–H groups in total. The molecular weight excluding hydrogens is 684 g/mol. The Morgan fingerprint density at radius 1 is 0.740 bits per heavy atom. The Bertz CT molecular complexity index is 1110. The van der Waals surface area contributed by atoms with Crippen molar-refractivity contribution in [1.82, 2.24) is 15.5 Å². The van der Waals surface area contributed by atoms with Crippen LogP contribution in [0.15, 0.2) is 0 Å². The summed E-state index contributed by atoms with van der Waals surface area (Å²) in [5, 5.41) is 65.2. The monoisotopic (exact) mass is 738 g/mol. The molecule has 0 radical (unpaired) electrons. The summed E-state index contributed by atoms with van der Waals surface area (Å²) in [6.45, 7) is 4.67. The van der Waals surface area contributed by atoms with Gasteiger partial charge in [0.2, 0.25) is 17.7 Å². The van der Waals surface area contributed by atoms with E-state index >= 15 is 0 Å². The molecule has 0 bridgehead atoms. The van der Waals surface area contributed by atoms with E-state index in [0.29, 0.717) is 18.6 Å². The van der Waals surface area contributed by atoms with Crippen LogP contribution in [0.2, 0.25) is 0 Å². The van der Waals surface area contributed by atoms with Crippen molar-refractivity contribution in [2.24, 2.45) is 11.8 Å². The molecule has 3 heterocycles. The van der Waals surface area contributed by atoms with Crippen LogP contribution in [0.4, 0.5) is 0 Å². The van der Waals surface area contributed by atoms with Crippen molar-refractivity contribution in [2.75, 3.05) is 45.1 Å². The highest BCUT2D eigenvalue weighted by molar-refractivity contribution is 8.01. The number of carbonyl (C=O) groups is 4. The number of hydrogen-bond acceptors (Lipinski definition) is 15. The van der Waals surface area contributed by atoms with Crippen LogP contribution in [0.5, 0.6) is 0 Å². The molecule has 1 unspecified atom stereocenters. The molecule has 3 aliphatic rings. The minimum atomic E-state index is -1.50. The molecule has 3 amide bonds. The van der Waals surface area contributed by atoms with Gasteiger partial charge in [0.1, 0.15) is 36.6 Å². The van der Waals surface area contributed by atoms with E-state index in [4.69, 9.17) is 23.7 Å². The van der Waals surface area contributed by atoms with Crippen LogP contribution in [-0.2, 0) is 48.8 Å². The fourth-order valence-corrected chi connectivity index (χ4v) is 6.67. The molecule has 288 valence electrons. The molecule has 0 saturated carbocycles. The van der Waals surface area contributed by atoms with E-state index in [2.05, 4.69) is 10.6 Å². The average molecular weight is 739 g/mol. The van der Waals surface area contributed by atoms with Gasteiger partial charge in [-0.3, -0.25) is 24.0 Å². The molecule has 0 aromatic heterocycles. The number of nitrogens with one attached hydrogen (secondary N) is 3. The largest absolute Gasteiger partial charge is 0.388 e. The topological polar surface area (TPSA) is 278 Å². The first-order valence-corrected chi connectivity index (χ1v) is 18.5. The van der Waals surface area contributed by atoms with Crippen LogP contribution in [0.25, 0.3) is 0 Å². The third kappa shape index (κ3) is 11.7. The van der Waals surface area contributed by atoms with Gasteiger partial charge >= 0.3 is 0 Å². The Hall–Kier alpha value is -2.17. The molecule has 19 heteroatoms. The van der Waals surface area contributed by atoms with Crippen molar-refractivity contribution in [3.05, 3.63) is 0 Å². The number of carbonyl (C=O) groups excluding carboxylic acids is 4. The molecule has 3 fully saturated rings. The van der Waals surface area contributed by atoms with Gasteiger partial charge in [-0.25, -0.2) is 0 Å². The van der Waals surface area contributed by atoms with Gasteiger partial charge in [-0.1, -0.05) is 6.92 Å². The minimum Gasteiger partial charge on any atom is -0.388 e. The lowest BCUT2D eigenvalue weighted by Crippen LogP contribution is -2.57. The van der Waals surface area contributed by atoms with Crippen molar-refractivity contribution < 1.29 is 68.8 Å². The summed E-state index contributed by atoms with van der Waals surface area (Å²) in [5.74, 6) is -2.23. The molecule has 18 nitrogen and oxygen atoms in total. The summed E-state index contributed by atoms with van der Waals surface area (Å²) in [5.41, 5.74) is 0. The quantitative estimate of drug-likeness (QED) is 0.0709. The Morgan fingerprint density at radius 2 is 1.18 bits per heavy atom. The summed E-state index contributed by atoms with van der Waals surface area (Å²) in [4.78, 5) is 53.1. The zero-order valence-corrected chi connectivity index (χ0v) is 29.5. The van der Waals surface area contributed by atoms with Gasteiger partial charge in [-0.15, -0.1) is 0 Å². The summed E-state index contributed by atoms with van der Waals surface area (Å²) >= 11 is 0. The second-order valence-corrected chi connectivity index (χ2v) is 14.7. The molecular formula is C31H54N4O14S. The zero-order chi connectivity index (χ0) is 37.1. The van der Waals surface area contributed by atoms with Gasteiger partial charge in [0.05, 0.1) is 37.3 Å². The number of unbranched alkanes of at least 4 members (excludes halogenated alkanes) is 1. The molecule has 50 heavy (non-hydrogen) atoms. The van der Waals surface area contributed by atoms with Gasteiger partial charge in [0, 0.05) is 44.8 Å². The number of nitrogens with zero attached hydrogens (tertiary/aromatic N) is 1. The highest BCUT2D eigenvalue weighted by Crippen LogP contribution is 2.25. The standard InChI is InChI=1S/C31H54N4O14S/c1-4-50(32)21(37)8-6-5-7-20(36)35-14-18(28(44)33-9-11-46-30-26(42)24(40)22(38)16(2)48-30)13-19(15-35)29(45)34-10-12-47-31-27(43)25(41)23(39)17(3)49-31/h16-19,22-27,30-32,38-43H,4-15H2,1-3H3,(H,33,44)(H,34,45)/t16-,17-,18-,19+,22+,23+,24+,25+,26-,27-,30+,31+,50?/m0/s1. The lowest BCUT2D eigenvalue weighted by molar-refractivity contribution is -0.292. The third-order valence-corrected chi connectivity index (χ3v) is 10.4. The number of rotatable bonds is 16. The molecule has 3 rings (SSSR count). The average Bonchev–Trinajstić information content (AvgIpc) is 3.11. The second kappa shape index (κ2) is 20.2. The van der Waals surface area contributed by atoms with Gasteiger partial charge in [-0.05, 0) is 43.8 Å². The highest BCUT2D eigenvalue weighted by atomic mass is 32.2. The summed E-state index contributed by atoms with van der Waals surface area (Å²) in [6.07, 6.45) is -11.3. The predicted octanol–water partition coefficient (Wildman–Crippen LogP) is -3.14. The lowest BCUT2D eigenvalue weighted by Gasteiger charge is -2.39. The normalized spacial score (nSPS) is 35.3. The van der Waals surface area contributed by atoms with E-state index in [1.54, 1.807) is 6.92 Å². The van der Waals surface area contributed by atoms with Gasteiger partial charge in [-0.2, -0.15) is 0 Å². The molecule has 0 spiro atoms. The zero-order valence-electron chi connectivity index (χ0n) is 28.7. The number of hydrogen-bond donors (Lipinski definition) is 9. The first-order valence-electron chi connectivity index (χ1n) is 17.1. The first-order chi connectivity index (χ1) is 23.7. The maximum absolute atomic E-state index is 13.2. The van der Waals surface area contributed by atoms with Gasteiger partial charge < -0.3 is 65.1 Å². The third-order valence-electron chi connectivity index (χ3n) is 9.11. The SMILES string of the molecule is CCS(=N)C(=O)CCCCC(=O)N1C[C@H](C(=O)NCCO[C@@H]2O[C@@H](C)[C@@H](O)[C@@H](O)[C@@H]2O)C[C@H](C(=O)NCCO[C@@H]2O[C@@H](C)[C@@H](O)[C@@H](O)[C@@H]2O)C1. The first kappa shape index (κ1) is 42.2. The van der Waals surface area contributed by atoms with Crippen LogP contribution < -0.4 is 10.6 Å². The molecule has 0 aromatic carbocycles. The number of piperidine rings is 1. The molecule has 0 aliphatic carbocycles. The van der Waals surface area contributed by atoms with Crippen LogP contribution >= 0.6 is 0 Å². The molecule has 3 aliphatic heterocycles. The fourth-order valence-electron chi connectivity index (χ4n) is 5.96. The Labute approximate surface area is 293 Å². The number of aliphatic hydroxyl groups excluding tert-OH is 6. The van der Waals surface area contributed by atoms with E-state index < -0.39 is 95.8 Å². The van der Waals surface area contributed by atoms with Crippen LogP contribution in [-0.4, -0.2) is 165 Å². The molecule has 3 saturated heterocycles. The maximum Gasteiger partial charge on any atom is 0.225 e. The van der Waals surface area contributed by atoms with Crippen LogP contribution in [0.1, 0.15) is 52.9 Å². The van der Waals surface area contributed by atoms with Crippen molar-refractivity contribution in [3.8, 4) is 0 Å². The number of aliphatic hydroxyl groups is 6. The van der Waals surface area contributed by atoms with E-state index in [0.717, 1.165) is 0 Å². The van der Waals surface area contributed by atoms with Crippen molar-refractivity contribution in [2.45, 2.75) is 114 Å². The summed E-state index contributed by atoms with van der Waals surface area (Å²) in [6, 6.07) is 0. The molecule has 0 aromatic rings. The van der Waals surface area contributed by atoms with E-state index in [1.807, 2.05) is 0 Å². The number of ether oxygens (including phenoxy) is 4. The number of likely N-dealkylation sites (tertiary alicyclic amines) is 1. The minimum absolute atomic E-state index is 0.0139. The lowest BCUT2D eigenvalue weighted by atomic mass is 9.87. The fraction of sp³-hybridized carbons (Fsp3) is 0.871. The number of amides is 3. The predicted molar refractivity (Wildman–Crippen MR) is 175 cm³/mol. The summed E-state index contributed by atoms with van der Waals surface area (Å²) in [7, 11) is -1.06. The Kier molecular flexibility index (Phi) is 17.0. The second-order valence-electron chi connectivity index (χ2n) is 12.9. The van der Waals surface area contributed by atoms with Gasteiger partial charge in [0.15, 0.2) is 17.7 Å². The van der Waals surface area contributed by atoms with E-state index in [9.17, 15) is 49.8 Å². The van der Waals surface area contributed by atoms with Crippen molar-refractivity contribution >= 4 is 33.5 Å². The Balaban J connectivity index is 1.54. The Morgan fingerprint density at radius 3 is 1.62 bits per heavy atom.